The number of azo groups is 2. The van der Waals surface area contributed by atoms with Crippen LogP contribution in [-0.4, -0.2) is 5.11 Å². The molecule has 0 atom stereocenters. The fourth-order valence-corrected chi connectivity index (χ4v) is 3.01. The first-order valence-corrected chi connectivity index (χ1v) is 9.32. The summed E-state index contributed by atoms with van der Waals surface area (Å²) in [6.45, 7) is 3.97. The Hall–Kier alpha value is -3.86. The second-order valence-corrected chi connectivity index (χ2v) is 6.81. The summed E-state index contributed by atoms with van der Waals surface area (Å²) in [6, 6.07) is 24.7. The highest BCUT2D eigenvalue weighted by Gasteiger charge is 2.08. The topological polar surface area (TPSA) is 69.7 Å². The minimum Gasteiger partial charge on any atom is -0.506 e. The molecule has 0 bridgehead atoms. The van der Waals surface area contributed by atoms with Gasteiger partial charge in [0.05, 0.1) is 17.1 Å². The summed E-state index contributed by atoms with van der Waals surface area (Å²) in [5, 5.41) is 29.5. The van der Waals surface area contributed by atoms with E-state index in [9.17, 15) is 5.11 Å². The van der Waals surface area contributed by atoms with Gasteiger partial charge in [-0.3, -0.25) is 0 Å². The van der Waals surface area contributed by atoms with Gasteiger partial charge in [0.25, 0.3) is 0 Å². The molecule has 0 fully saturated rings. The second kappa shape index (κ2) is 8.02. The van der Waals surface area contributed by atoms with Gasteiger partial charge in [0.15, 0.2) is 0 Å². The first kappa shape index (κ1) is 18.5. The Balaban J connectivity index is 1.75. The predicted octanol–water partition coefficient (Wildman–Crippen LogP) is 7.99. The highest BCUT2D eigenvalue weighted by Crippen LogP contribution is 2.38. The van der Waals surface area contributed by atoms with Crippen LogP contribution in [0.1, 0.15) is 11.1 Å². The number of hydrogen-bond acceptors (Lipinski definition) is 5. The van der Waals surface area contributed by atoms with Gasteiger partial charge in [-0.1, -0.05) is 48.5 Å². The number of nitrogens with zero attached hydrogens (tertiary/aromatic N) is 4. The van der Waals surface area contributed by atoms with Crippen molar-refractivity contribution in [3.63, 3.8) is 0 Å². The van der Waals surface area contributed by atoms with E-state index in [1.807, 2.05) is 86.6 Å². The van der Waals surface area contributed by atoms with Crippen LogP contribution in [0.25, 0.3) is 10.8 Å². The van der Waals surface area contributed by atoms with Crippen LogP contribution >= 0.6 is 0 Å². The van der Waals surface area contributed by atoms with Crippen LogP contribution < -0.4 is 0 Å². The monoisotopic (exact) mass is 380 g/mol. The third kappa shape index (κ3) is 4.04. The fourth-order valence-electron chi connectivity index (χ4n) is 3.01. The normalized spacial score (nSPS) is 11.7. The number of phenols is 1. The van der Waals surface area contributed by atoms with Crippen molar-refractivity contribution in [3.8, 4) is 5.75 Å². The van der Waals surface area contributed by atoms with Crippen molar-refractivity contribution in [3.05, 3.63) is 90.0 Å². The summed E-state index contributed by atoms with van der Waals surface area (Å²) in [5.41, 5.74) is 4.76. The average Bonchev–Trinajstić information content (AvgIpc) is 2.73. The van der Waals surface area contributed by atoms with E-state index in [1.54, 1.807) is 6.07 Å². The lowest BCUT2D eigenvalue weighted by molar-refractivity contribution is 0.477. The Bertz CT molecular complexity index is 1240. The minimum absolute atomic E-state index is 0.0721. The molecule has 1 N–H and O–H groups in total. The minimum atomic E-state index is 0.0721. The first-order chi connectivity index (χ1) is 14.1. The molecule has 142 valence electrons. The molecule has 0 amide bonds. The Morgan fingerprint density at radius 1 is 0.621 bits per heavy atom. The zero-order valence-electron chi connectivity index (χ0n) is 16.2. The maximum absolute atomic E-state index is 10.4. The average molecular weight is 380 g/mol. The molecule has 0 saturated heterocycles. The molecule has 0 aliphatic rings. The van der Waals surface area contributed by atoms with E-state index < -0.39 is 0 Å². The SMILES string of the molecule is Cc1ccccc1N=Nc1ccc2ccc(O)c(N=Nc3ccccc3C)c2c1. The fraction of sp³-hybridized carbons (Fsp3) is 0.0833. The highest BCUT2D eigenvalue weighted by atomic mass is 16.3. The van der Waals surface area contributed by atoms with Crippen LogP contribution in [0.4, 0.5) is 22.7 Å². The van der Waals surface area contributed by atoms with Gasteiger partial charge >= 0.3 is 0 Å². The molecular weight excluding hydrogens is 360 g/mol. The molecule has 5 heteroatoms. The Morgan fingerprint density at radius 3 is 1.86 bits per heavy atom. The number of rotatable bonds is 4. The maximum Gasteiger partial charge on any atom is 0.143 e. The Morgan fingerprint density at radius 2 is 1.21 bits per heavy atom. The third-order valence-corrected chi connectivity index (χ3v) is 4.72. The Labute approximate surface area is 169 Å². The summed E-state index contributed by atoms with van der Waals surface area (Å²) in [6.07, 6.45) is 0. The van der Waals surface area contributed by atoms with Crippen molar-refractivity contribution in [2.45, 2.75) is 13.8 Å². The smallest absolute Gasteiger partial charge is 0.143 e. The quantitative estimate of drug-likeness (QED) is 0.358. The van der Waals surface area contributed by atoms with E-state index in [4.69, 9.17) is 0 Å². The lowest BCUT2D eigenvalue weighted by atomic mass is 10.1. The lowest BCUT2D eigenvalue weighted by Gasteiger charge is -2.05. The zero-order valence-corrected chi connectivity index (χ0v) is 16.2. The van der Waals surface area contributed by atoms with Crippen molar-refractivity contribution in [1.29, 1.82) is 0 Å². The van der Waals surface area contributed by atoms with E-state index in [0.717, 1.165) is 33.3 Å². The molecule has 0 spiro atoms. The molecule has 5 nitrogen and oxygen atoms in total. The number of benzene rings is 4. The van der Waals surface area contributed by atoms with E-state index in [1.165, 1.54) is 0 Å². The van der Waals surface area contributed by atoms with E-state index in [0.29, 0.717) is 11.4 Å². The van der Waals surface area contributed by atoms with Crippen LogP contribution in [0.15, 0.2) is 99.3 Å². The number of fused-ring (bicyclic) bond motifs is 1. The molecule has 29 heavy (non-hydrogen) atoms. The molecule has 4 aromatic rings. The number of phenolic OH excluding ortho intramolecular Hbond substituents is 1. The Kier molecular flexibility index (Phi) is 5.12. The van der Waals surface area contributed by atoms with Gasteiger partial charge in [0.1, 0.15) is 11.4 Å². The van der Waals surface area contributed by atoms with Crippen LogP contribution in [0, 0.1) is 13.8 Å². The van der Waals surface area contributed by atoms with Gasteiger partial charge in [-0.05, 0) is 60.7 Å². The van der Waals surface area contributed by atoms with Gasteiger partial charge in [0.2, 0.25) is 0 Å². The van der Waals surface area contributed by atoms with Crippen molar-refractivity contribution >= 4 is 33.5 Å². The summed E-state index contributed by atoms with van der Waals surface area (Å²) in [5.74, 6) is 0.0721. The molecule has 0 heterocycles. The molecule has 4 aromatic carbocycles. The van der Waals surface area contributed by atoms with Crippen LogP contribution in [0.5, 0.6) is 5.75 Å². The van der Waals surface area contributed by atoms with Gasteiger partial charge in [-0.2, -0.15) is 15.3 Å². The molecule has 0 unspecified atom stereocenters. The number of hydrogen-bond donors (Lipinski definition) is 1. The third-order valence-electron chi connectivity index (χ3n) is 4.72. The lowest BCUT2D eigenvalue weighted by Crippen LogP contribution is -1.77. The zero-order chi connectivity index (χ0) is 20.2. The summed E-state index contributed by atoms with van der Waals surface area (Å²) in [7, 11) is 0. The van der Waals surface area contributed by atoms with Gasteiger partial charge in [0, 0.05) is 5.39 Å². The van der Waals surface area contributed by atoms with E-state index in [2.05, 4.69) is 20.5 Å². The standard InChI is InChI=1S/C24H20N4O/c1-16-7-3-5-9-21(16)26-25-19-13-11-18-12-14-23(29)24(20(18)15-19)28-27-22-10-6-4-8-17(22)2/h3-15,29H,1-2H3. The maximum atomic E-state index is 10.4. The van der Waals surface area contributed by atoms with Crippen LogP contribution in [0.3, 0.4) is 0 Å². The highest BCUT2D eigenvalue weighted by molar-refractivity contribution is 5.97. The molecular formula is C24H20N4O. The number of aromatic hydroxyl groups is 1. The molecule has 0 radical (unpaired) electrons. The van der Waals surface area contributed by atoms with Gasteiger partial charge in [-0.25, -0.2) is 0 Å². The summed E-state index contributed by atoms with van der Waals surface area (Å²) in [4.78, 5) is 0. The summed E-state index contributed by atoms with van der Waals surface area (Å²) < 4.78 is 0. The molecule has 0 aliphatic heterocycles. The van der Waals surface area contributed by atoms with Crippen LogP contribution in [-0.2, 0) is 0 Å². The first-order valence-electron chi connectivity index (χ1n) is 9.32. The molecule has 0 aliphatic carbocycles. The van der Waals surface area contributed by atoms with Crippen molar-refractivity contribution < 1.29 is 5.11 Å². The largest absolute Gasteiger partial charge is 0.506 e. The van der Waals surface area contributed by atoms with Gasteiger partial charge in [-0.15, -0.1) is 5.11 Å². The number of aryl methyl sites for hydroxylation is 2. The van der Waals surface area contributed by atoms with Crippen molar-refractivity contribution in [1.82, 2.24) is 0 Å². The van der Waals surface area contributed by atoms with Crippen molar-refractivity contribution in [2.75, 3.05) is 0 Å². The molecule has 0 aromatic heterocycles. The predicted molar refractivity (Wildman–Crippen MR) is 116 cm³/mol. The van der Waals surface area contributed by atoms with Crippen molar-refractivity contribution in [2.24, 2.45) is 20.5 Å². The summed E-state index contributed by atoms with van der Waals surface area (Å²) >= 11 is 0. The second-order valence-electron chi connectivity index (χ2n) is 6.81. The van der Waals surface area contributed by atoms with Gasteiger partial charge < -0.3 is 5.11 Å². The molecule has 0 saturated carbocycles. The molecule has 4 rings (SSSR count). The van der Waals surface area contributed by atoms with E-state index >= 15 is 0 Å². The van der Waals surface area contributed by atoms with E-state index in [-0.39, 0.29) is 5.75 Å². The van der Waals surface area contributed by atoms with Crippen LogP contribution in [0.2, 0.25) is 0 Å².